The largest absolute Gasteiger partial charge is 0.372 e. The van der Waals surface area contributed by atoms with Gasteiger partial charge in [0.05, 0.1) is 0 Å². The van der Waals surface area contributed by atoms with E-state index in [1.165, 1.54) is 18.5 Å². The Morgan fingerprint density at radius 2 is 2.07 bits per heavy atom. The van der Waals surface area contributed by atoms with Gasteiger partial charge < -0.3 is 9.80 Å². The van der Waals surface area contributed by atoms with E-state index >= 15 is 0 Å². The van der Waals surface area contributed by atoms with E-state index in [0.29, 0.717) is 0 Å². The van der Waals surface area contributed by atoms with E-state index in [9.17, 15) is 4.79 Å². The van der Waals surface area contributed by atoms with Crippen LogP contribution in [0.5, 0.6) is 0 Å². The van der Waals surface area contributed by atoms with E-state index < -0.39 is 0 Å². The van der Waals surface area contributed by atoms with Gasteiger partial charge in [0.2, 0.25) is 5.91 Å². The minimum Gasteiger partial charge on any atom is -0.372 e. The van der Waals surface area contributed by atoms with Crippen LogP contribution in [0.4, 0.5) is 0 Å². The van der Waals surface area contributed by atoms with Crippen molar-refractivity contribution in [1.82, 2.24) is 9.80 Å². The predicted molar refractivity (Wildman–Crippen MR) is 55.4 cm³/mol. The fourth-order valence-electron chi connectivity index (χ4n) is 1.93. The summed E-state index contributed by atoms with van der Waals surface area (Å²) in [4.78, 5) is 15.2. The van der Waals surface area contributed by atoms with Crippen molar-refractivity contribution in [2.75, 3.05) is 19.6 Å². The summed E-state index contributed by atoms with van der Waals surface area (Å²) in [5.41, 5.74) is 1.28. The Hall–Kier alpha value is -1.25. The Bertz CT molecular complexity index is 288. The van der Waals surface area contributed by atoms with Crippen LogP contribution in [0, 0.1) is 0 Å². The maximum absolute atomic E-state index is 11.1. The molecule has 1 saturated heterocycles. The highest BCUT2D eigenvalue weighted by Gasteiger charge is 2.16. The zero-order chi connectivity index (χ0) is 9.97. The molecule has 0 aliphatic carbocycles. The summed E-state index contributed by atoms with van der Waals surface area (Å²) >= 11 is 0. The van der Waals surface area contributed by atoms with Crippen molar-refractivity contribution >= 4 is 5.91 Å². The molecule has 1 amide bonds. The summed E-state index contributed by atoms with van der Waals surface area (Å²) in [6.45, 7) is 4.64. The third kappa shape index (κ3) is 1.81. The fraction of sp³-hybridized carbons (Fsp3) is 0.545. The van der Waals surface area contributed by atoms with Crippen LogP contribution in [0.3, 0.4) is 0 Å². The summed E-state index contributed by atoms with van der Waals surface area (Å²) in [5, 5.41) is 0. The maximum Gasteiger partial charge on any atom is 0.223 e. The molecule has 3 nitrogen and oxygen atoms in total. The molecular formula is C11H16N2O. The summed E-state index contributed by atoms with van der Waals surface area (Å²) in [5.74, 6) is 0.109. The highest BCUT2D eigenvalue weighted by atomic mass is 16.2. The SMILES string of the molecule is CC(=O)N1C=CC(N2CCCC2)=CC1. The minimum atomic E-state index is 0.109. The highest BCUT2D eigenvalue weighted by Crippen LogP contribution is 2.18. The molecule has 0 saturated carbocycles. The molecule has 0 N–H and O–H groups in total. The lowest BCUT2D eigenvalue weighted by atomic mass is 10.2. The molecule has 0 aromatic rings. The topological polar surface area (TPSA) is 23.6 Å². The molecule has 0 atom stereocenters. The number of nitrogens with zero attached hydrogens (tertiary/aromatic N) is 2. The zero-order valence-corrected chi connectivity index (χ0v) is 8.57. The highest BCUT2D eigenvalue weighted by molar-refractivity contribution is 5.74. The molecule has 0 bridgehead atoms. The van der Waals surface area contributed by atoms with Crippen LogP contribution in [0.15, 0.2) is 24.0 Å². The van der Waals surface area contributed by atoms with Gasteiger partial charge in [-0.05, 0) is 25.0 Å². The van der Waals surface area contributed by atoms with Gasteiger partial charge in [0.15, 0.2) is 0 Å². The summed E-state index contributed by atoms with van der Waals surface area (Å²) < 4.78 is 0. The van der Waals surface area contributed by atoms with Crippen molar-refractivity contribution in [3.63, 3.8) is 0 Å². The van der Waals surface area contributed by atoms with Gasteiger partial charge in [0.25, 0.3) is 0 Å². The van der Waals surface area contributed by atoms with Gasteiger partial charge in [-0.15, -0.1) is 0 Å². The second-order valence-corrected chi connectivity index (χ2v) is 3.81. The molecule has 2 heterocycles. The van der Waals surface area contributed by atoms with Gasteiger partial charge in [-0.1, -0.05) is 0 Å². The zero-order valence-electron chi connectivity index (χ0n) is 8.57. The first-order valence-corrected chi connectivity index (χ1v) is 5.18. The van der Waals surface area contributed by atoms with E-state index in [0.717, 1.165) is 19.6 Å². The van der Waals surface area contributed by atoms with Crippen LogP contribution >= 0.6 is 0 Å². The average Bonchev–Trinajstić information content (AvgIpc) is 2.71. The maximum atomic E-state index is 11.1. The van der Waals surface area contributed by atoms with Gasteiger partial charge in [0.1, 0.15) is 0 Å². The smallest absolute Gasteiger partial charge is 0.223 e. The van der Waals surface area contributed by atoms with E-state index in [1.807, 2.05) is 12.3 Å². The van der Waals surface area contributed by atoms with Gasteiger partial charge in [-0.25, -0.2) is 0 Å². The molecule has 1 fully saturated rings. The number of hydrogen-bond donors (Lipinski definition) is 0. The third-order valence-corrected chi connectivity index (χ3v) is 2.80. The van der Waals surface area contributed by atoms with Crippen LogP contribution < -0.4 is 0 Å². The molecule has 2 aliphatic heterocycles. The van der Waals surface area contributed by atoms with Gasteiger partial charge >= 0.3 is 0 Å². The van der Waals surface area contributed by atoms with Crippen LogP contribution in [0.25, 0.3) is 0 Å². The second-order valence-electron chi connectivity index (χ2n) is 3.81. The molecule has 2 rings (SSSR count). The number of rotatable bonds is 1. The Balaban J connectivity index is 1.98. The van der Waals surface area contributed by atoms with Gasteiger partial charge in [-0.2, -0.15) is 0 Å². The first kappa shape index (κ1) is 9.31. The van der Waals surface area contributed by atoms with Crippen LogP contribution in [0.1, 0.15) is 19.8 Å². The lowest BCUT2D eigenvalue weighted by Gasteiger charge is -2.25. The second kappa shape index (κ2) is 3.86. The van der Waals surface area contributed by atoms with Crippen molar-refractivity contribution < 1.29 is 4.79 Å². The molecule has 3 heteroatoms. The van der Waals surface area contributed by atoms with Crippen molar-refractivity contribution in [3.8, 4) is 0 Å². The van der Waals surface area contributed by atoms with Crippen LogP contribution in [0.2, 0.25) is 0 Å². The molecule has 76 valence electrons. The molecule has 0 spiro atoms. The number of likely N-dealkylation sites (tertiary alicyclic amines) is 1. The Morgan fingerprint density at radius 1 is 1.36 bits per heavy atom. The summed E-state index contributed by atoms with van der Waals surface area (Å²) in [7, 11) is 0. The molecule has 2 aliphatic rings. The van der Waals surface area contributed by atoms with E-state index in [-0.39, 0.29) is 5.91 Å². The van der Waals surface area contributed by atoms with Crippen LogP contribution in [-0.2, 0) is 4.79 Å². The first-order chi connectivity index (χ1) is 6.77. The molecule has 14 heavy (non-hydrogen) atoms. The summed E-state index contributed by atoms with van der Waals surface area (Å²) in [6, 6.07) is 0. The quantitative estimate of drug-likeness (QED) is 0.626. The summed E-state index contributed by atoms with van der Waals surface area (Å²) in [6.07, 6.45) is 8.64. The predicted octanol–water partition coefficient (Wildman–Crippen LogP) is 1.34. The standard InChI is InChI=1S/C11H16N2O/c1-10(14)12-8-4-11(5-9-12)13-6-2-3-7-13/h4-5,8H,2-3,6-7,9H2,1H3. The Labute approximate surface area is 84.7 Å². The third-order valence-electron chi connectivity index (χ3n) is 2.80. The number of allylic oxidation sites excluding steroid dienone is 1. The molecule has 0 aromatic carbocycles. The normalized spacial score (nSPS) is 21.4. The average molecular weight is 192 g/mol. The molecule has 0 unspecified atom stereocenters. The number of carbonyl (C=O) groups excluding carboxylic acids is 1. The number of amides is 1. The van der Waals surface area contributed by atoms with Crippen molar-refractivity contribution in [2.24, 2.45) is 0 Å². The van der Waals surface area contributed by atoms with Gasteiger partial charge in [-0.3, -0.25) is 4.79 Å². The molecule has 0 aromatic heterocycles. The van der Waals surface area contributed by atoms with Crippen molar-refractivity contribution in [3.05, 3.63) is 24.0 Å². The van der Waals surface area contributed by atoms with Crippen molar-refractivity contribution in [2.45, 2.75) is 19.8 Å². The molecular weight excluding hydrogens is 176 g/mol. The fourth-order valence-corrected chi connectivity index (χ4v) is 1.93. The van der Waals surface area contributed by atoms with E-state index in [2.05, 4.69) is 11.0 Å². The lowest BCUT2D eigenvalue weighted by Crippen LogP contribution is -2.28. The van der Waals surface area contributed by atoms with Crippen LogP contribution in [-0.4, -0.2) is 35.3 Å². The van der Waals surface area contributed by atoms with Gasteiger partial charge in [0, 0.05) is 38.5 Å². The van der Waals surface area contributed by atoms with E-state index in [1.54, 1.807) is 11.8 Å². The Kier molecular flexibility index (Phi) is 2.57. The Morgan fingerprint density at radius 3 is 2.57 bits per heavy atom. The number of carbonyl (C=O) groups is 1. The van der Waals surface area contributed by atoms with E-state index in [4.69, 9.17) is 0 Å². The number of hydrogen-bond acceptors (Lipinski definition) is 2. The first-order valence-electron chi connectivity index (χ1n) is 5.18. The van der Waals surface area contributed by atoms with Crippen molar-refractivity contribution in [1.29, 1.82) is 0 Å². The minimum absolute atomic E-state index is 0.109. The molecule has 0 radical (unpaired) electrons. The lowest BCUT2D eigenvalue weighted by molar-refractivity contribution is -0.125. The monoisotopic (exact) mass is 192 g/mol.